The maximum atomic E-state index is 13.2. The molecule has 0 aliphatic carbocycles. The number of ether oxygens (including phenoxy) is 1. The lowest BCUT2D eigenvalue weighted by Gasteiger charge is -2.09. The van der Waals surface area contributed by atoms with Crippen molar-refractivity contribution >= 4 is 11.6 Å². The molecule has 0 radical (unpaired) electrons. The second-order valence-corrected chi connectivity index (χ2v) is 4.31. The van der Waals surface area contributed by atoms with Crippen LogP contribution in [0.2, 0.25) is 0 Å². The third-order valence-electron chi connectivity index (χ3n) is 2.78. The predicted molar refractivity (Wildman–Crippen MR) is 74.2 cm³/mol. The van der Waals surface area contributed by atoms with Gasteiger partial charge in [0.15, 0.2) is 0 Å². The number of nitrogens with one attached hydrogen (secondary N) is 1. The zero-order chi connectivity index (χ0) is 15.6. The number of halogens is 1. The standard InChI is InChI=1S/C13H13FN4O3/c1-7-6-9(4-5-10(7)14)21-12-11(18(19)20)8(2)16-13(15-3)17-12/h4-6H,1-3H3,(H,15,16,17). The molecular weight excluding hydrogens is 279 g/mol. The van der Waals surface area contributed by atoms with Crippen molar-refractivity contribution in [1.82, 2.24) is 9.97 Å². The normalized spacial score (nSPS) is 10.3. The SMILES string of the molecule is CNc1nc(C)c([N+](=O)[O-])c(Oc2ccc(F)c(C)c2)n1. The van der Waals surface area contributed by atoms with Gasteiger partial charge in [-0.1, -0.05) is 0 Å². The number of anilines is 1. The quantitative estimate of drug-likeness (QED) is 0.688. The molecule has 0 aliphatic heterocycles. The lowest BCUT2D eigenvalue weighted by molar-refractivity contribution is -0.386. The monoisotopic (exact) mass is 292 g/mol. The number of nitro groups is 1. The smallest absolute Gasteiger partial charge is 0.352 e. The van der Waals surface area contributed by atoms with Crippen molar-refractivity contribution in [1.29, 1.82) is 0 Å². The fraction of sp³-hybridized carbons (Fsp3) is 0.231. The number of hydrogen-bond acceptors (Lipinski definition) is 6. The molecule has 0 unspecified atom stereocenters. The van der Waals surface area contributed by atoms with E-state index >= 15 is 0 Å². The Morgan fingerprint density at radius 2 is 2.05 bits per heavy atom. The Morgan fingerprint density at radius 1 is 1.33 bits per heavy atom. The highest BCUT2D eigenvalue weighted by atomic mass is 19.1. The molecule has 1 N–H and O–H groups in total. The highest BCUT2D eigenvalue weighted by Gasteiger charge is 2.24. The van der Waals surface area contributed by atoms with Crippen LogP contribution in [0, 0.1) is 29.8 Å². The average Bonchev–Trinajstić information content (AvgIpc) is 2.41. The van der Waals surface area contributed by atoms with Gasteiger partial charge in [0.2, 0.25) is 5.95 Å². The lowest BCUT2D eigenvalue weighted by Crippen LogP contribution is -2.05. The van der Waals surface area contributed by atoms with Crippen LogP contribution in [0.1, 0.15) is 11.3 Å². The predicted octanol–water partition coefficient (Wildman–Crippen LogP) is 2.97. The summed E-state index contributed by atoms with van der Waals surface area (Å²) in [6, 6.07) is 4.04. The molecule has 21 heavy (non-hydrogen) atoms. The van der Waals surface area contributed by atoms with E-state index in [0.717, 1.165) is 0 Å². The Kier molecular flexibility index (Phi) is 3.97. The van der Waals surface area contributed by atoms with Gasteiger partial charge in [0, 0.05) is 7.05 Å². The highest BCUT2D eigenvalue weighted by Crippen LogP contribution is 2.32. The Morgan fingerprint density at radius 3 is 2.62 bits per heavy atom. The van der Waals surface area contributed by atoms with E-state index < -0.39 is 4.92 Å². The topological polar surface area (TPSA) is 90.2 Å². The Balaban J connectivity index is 2.48. The number of rotatable bonds is 4. The first-order valence-electron chi connectivity index (χ1n) is 6.07. The van der Waals surface area contributed by atoms with Crippen LogP contribution in [0.3, 0.4) is 0 Å². The molecule has 8 heteroatoms. The van der Waals surface area contributed by atoms with E-state index in [9.17, 15) is 14.5 Å². The molecule has 1 aromatic heterocycles. The summed E-state index contributed by atoms with van der Waals surface area (Å²) in [4.78, 5) is 18.4. The Hall–Kier alpha value is -2.77. The second kappa shape index (κ2) is 5.70. The number of aryl methyl sites for hydroxylation is 2. The molecule has 0 bridgehead atoms. The minimum atomic E-state index is -0.611. The van der Waals surface area contributed by atoms with Crippen molar-refractivity contribution in [2.75, 3.05) is 12.4 Å². The minimum absolute atomic E-state index is 0.174. The summed E-state index contributed by atoms with van der Waals surface area (Å²) < 4.78 is 18.7. The van der Waals surface area contributed by atoms with E-state index in [0.29, 0.717) is 5.56 Å². The largest absolute Gasteiger partial charge is 0.434 e. The molecule has 0 aliphatic rings. The first-order valence-corrected chi connectivity index (χ1v) is 6.07. The molecule has 2 aromatic rings. The summed E-state index contributed by atoms with van der Waals surface area (Å²) in [6.45, 7) is 3.06. The summed E-state index contributed by atoms with van der Waals surface area (Å²) in [6.07, 6.45) is 0. The van der Waals surface area contributed by atoms with Crippen molar-refractivity contribution in [2.45, 2.75) is 13.8 Å². The maximum absolute atomic E-state index is 13.2. The van der Waals surface area contributed by atoms with Gasteiger partial charge >= 0.3 is 11.6 Å². The molecule has 0 fully saturated rings. The number of aromatic nitrogens is 2. The van der Waals surface area contributed by atoms with Crippen LogP contribution < -0.4 is 10.1 Å². The molecule has 0 amide bonds. The molecule has 1 heterocycles. The average molecular weight is 292 g/mol. The molecule has 110 valence electrons. The first-order chi connectivity index (χ1) is 9.92. The summed E-state index contributed by atoms with van der Waals surface area (Å²) in [7, 11) is 1.59. The van der Waals surface area contributed by atoms with Crippen LogP contribution in [-0.4, -0.2) is 21.9 Å². The summed E-state index contributed by atoms with van der Waals surface area (Å²) in [5, 5.41) is 13.8. The number of nitrogens with zero attached hydrogens (tertiary/aromatic N) is 3. The van der Waals surface area contributed by atoms with Crippen molar-refractivity contribution in [3.63, 3.8) is 0 Å². The van der Waals surface area contributed by atoms with Gasteiger partial charge in [-0.05, 0) is 37.6 Å². The van der Waals surface area contributed by atoms with Crippen molar-refractivity contribution in [2.24, 2.45) is 0 Å². The zero-order valence-electron chi connectivity index (χ0n) is 11.7. The second-order valence-electron chi connectivity index (χ2n) is 4.31. The fourth-order valence-electron chi connectivity index (χ4n) is 1.73. The molecule has 0 saturated carbocycles. The van der Waals surface area contributed by atoms with E-state index in [1.54, 1.807) is 14.0 Å². The molecule has 2 rings (SSSR count). The van der Waals surface area contributed by atoms with Crippen molar-refractivity contribution in [3.8, 4) is 11.6 Å². The van der Waals surface area contributed by atoms with E-state index in [1.807, 2.05) is 0 Å². The van der Waals surface area contributed by atoms with E-state index in [-0.39, 0.29) is 34.8 Å². The van der Waals surface area contributed by atoms with E-state index in [1.165, 1.54) is 25.1 Å². The van der Waals surface area contributed by atoms with Gasteiger partial charge in [-0.2, -0.15) is 4.98 Å². The molecule has 1 aromatic carbocycles. The van der Waals surface area contributed by atoms with Crippen LogP contribution in [-0.2, 0) is 0 Å². The summed E-state index contributed by atoms with van der Waals surface area (Å²) in [5.41, 5.74) is 0.221. The first kappa shape index (κ1) is 14.6. The van der Waals surface area contributed by atoms with Gasteiger partial charge in [0.05, 0.1) is 4.92 Å². The third-order valence-corrected chi connectivity index (χ3v) is 2.78. The van der Waals surface area contributed by atoms with E-state index in [4.69, 9.17) is 4.74 Å². The Bertz CT molecular complexity index is 706. The van der Waals surface area contributed by atoms with Gasteiger partial charge in [-0.3, -0.25) is 10.1 Å². The molecule has 0 atom stereocenters. The summed E-state index contributed by atoms with van der Waals surface area (Å²) in [5.74, 6) is -0.112. The summed E-state index contributed by atoms with van der Waals surface area (Å²) >= 11 is 0. The molecule has 7 nitrogen and oxygen atoms in total. The van der Waals surface area contributed by atoms with Crippen LogP contribution in [0.5, 0.6) is 11.6 Å². The highest BCUT2D eigenvalue weighted by molar-refractivity contribution is 5.50. The fourth-order valence-corrected chi connectivity index (χ4v) is 1.73. The molecule has 0 saturated heterocycles. The van der Waals surface area contributed by atoms with Crippen molar-refractivity contribution < 1.29 is 14.1 Å². The zero-order valence-corrected chi connectivity index (χ0v) is 11.7. The van der Waals surface area contributed by atoms with Gasteiger partial charge in [-0.25, -0.2) is 9.37 Å². The number of hydrogen-bond donors (Lipinski definition) is 1. The maximum Gasteiger partial charge on any atom is 0.352 e. The lowest BCUT2D eigenvalue weighted by atomic mass is 10.2. The van der Waals surface area contributed by atoms with Gasteiger partial charge in [0.1, 0.15) is 17.3 Å². The molecule has 0 spiro atoms. The minimum Gasteiger partial charge on any atom is -0.434 e. The van der Waals surface area contributed by atoms with Crippen LogP contribution in [0.25, 0.3) is 0 Å². The van der Waals surface area contributed by atoms with E-state index in [2.05, 4.69) is 15.3 Å². The number of benzene rings is 1. The van der Waals surface area contributed by atoms with Crippen LogP contribution in [0.15, 0.2) is 18.2 Å². The van der Waals surface area contributed by atoms with Crippen LogP contribution >= 0.6 is 0 Å². The third kappa shape index (κ3) is 3.04. The Labute approximate surface area is 120 Å². The van der Waals surface area contributed by atoms with Gasteiger partial charge in [0.25, 0.3) is 0 Å². The van der Waals surface area contributed by atoms with Gasteiger partial charge in [-0.15, -0.1) is 0 Å². The van der Waals surface area contributed by atoms with Gasteiger partial charge < -0.3 is 10.1 Å². The van der Waals surface area contributed by atoms with Crippen LogP contribution in [0.4, 0.5) is 16.0 Å². The molecular formula is C13H13FN4O3. The van der Waals surface area contributed by atoms with Crippen molar-refractivity contribution in [3.05, 3.63) is 45.4 Å².